The fourth-order valence-corrected chi connectivity index (χ4v) is 3.07. The molecule has 1 aliphatic heterocycles. The number of aryl methyl sites for hydroxylation is 1. The molecule has 1 aromatic carbocycles. The minimum Gasteiger partial charge on any atom is -0.368 e. The molecule has 1 saturated heterocycles. The number of amides is 2. The smallest absolute Gasteiger partial charge is 0.352 e. The van der Waals surface area contributed by atoms with Gasteiger partial charge in [-0.25, -0.2) is 8.42 Å². The summed E-state index contributed by atoms with van der Waals surface area (Å²) in [6.45, 7) is 4.16. The predicted molar refractivity (Wildman–Crippen MR) is 96.0 cm³/mol. The molecule has 2 rings (SSSR count). The van der Waals surface area contributed by atoms with Gasteiger partial charge in [-0.05, 0) is 19.1 Å². The number of nitrogens with zero attached hydrogens (tertiary/aromatic N) is 3. The van der Waals surface area contributed by atoms with Crippen molar-refractivity contribution in [3.8, 4) is 0 Å². The molecule has 0 bridgehead atoms. The van der Waals surface area contributed by atoms with E-state index in [-0.39, 0.29) is 12.5 Å². The summed E-state index contributed by atoms with van der Waals surface area (Å²) in [6, 6.07) is 8.21. The van der Waals surface area contributed by atoms with Crippen molar-refractivity contribution in [2.45, 2.75) is 6.92 Å². The summed E-state index contributed by atoms with van der Waals surface area (Å²) < 4.78 is 24.1. The van der Waals surface area contributed by atoms with E-state index in [1.54, 1.807) is 4.90 Å². The minimum atomic E-state index is -4.05. The van der Waals surface area contributed by atoms with Gasteiger partial charge in [0.25, 0.3) is 10.0 Å². The second-order valence-corrected chi connectivity index (χ2v) is 8.18. The van der Waals surface area contributed by atoms with E-state index >= 15 is 0 Å². The summed E-state index contributed by atoms with van der Waals surface area (Å²) in [5, 5.41) is 1.01. The van der Waals surface area contributed by atoms with Gasteiger partial charge in [-0.15, -0.1) is 0 Å². The van der Waals surface area contributed by atoms with Crippen LogP contribution in [-0.2, 0) is 14.8 Å². The molecule has 1 aliphatic rings. The number of benzene rings is 1. The van der Waals surface area contributed by atoms with E-state index in [1.165, 1.54) is 19.7 Å². The first-order chi connectivity index (χ1) is 11.7. The fourth-order valence-electron chi connectivity index (χ4n) is 2.49. The zero-order valence-corrected chi connectivity index (χ0v) is 15.5. The van der Waals surface area contributed by atoms with Gasteiger partial charge in [-0.2, -0.15) is 4.31 Å². The monoisotopic (exact) mass is 368 g/mol. The lowest BCUT2D eigenvalue weighted by Crippen LogP contribution is -2.52. The number of hydrogen-bond donors (Lipinski definition) is 1. The Morgan fingerprint density at radius 3 is 2.16 bits per heavy atom. The van der Waals surface area contributed by atoms with Crippen molar-refractivity contribution in [2.24, 2.45) is 0 Å². The number of nitrogens with one attached hydrogen (secondary N) is 1. The van der Waals surface area contributed by atoms with Gasteiger partial charge in [-0.3, -0.25) is 9.59 Å². The Morgan fingerprint density at radius 1 is 1.08 bits per heavy atom. The summed E-state index contributed by atoms with van der Waals surface area (Å²) in [5.74, 6) is -0.286. The molecule has 9 heteroatoms. The van der Waals surface area contributed by atoms with Crippen LogP contribution in [0.25, 0.3) is 0 Å². The van der Waals surface area contributed by atoms with Gasteiger partial charge < -0.3 is 15.1 Å². The molecule has 0 radical (unpaired) electrons. The van der Waals surface area contributed by atoms with Gasteiger partial charge in [-0.1, -0.05) is 17.7 Å². The van der Waals surface area contributed by atoms with Crippen molar-refractivity contribution in [2.75, 3.05) is 51.7 Å². The summed E-state index contributed by atoms with van der Waals surface area (Å²) in [5.41, 5.74) is 2.31. The lowest BCUT2D eigenvalue weighted by Gasteiger charge is -2.36. The third-order valence-electron chi connectivity index (χ3n) is 4.13. The van der Waals surface area contributed by atoms with Gasteiger partial charge in [0.15, 0.2) is 0 Å². The van der Waals surface area contributed by atoms with Crippen LogP contribution in [0.5, 0.6) is 0 Å². The third kappa shape index (κ3) is 4.70. The number of anilines is 1. The lowest BCUT2D eigenvalue weighted by atomic mass is 10.2. The van der Waals surface area contributed by atoms with Gasteiger partial charge in [0, 0.05) is 46.0 Å². The molecular weight excluding hydrogens is 344 g/mol. The first-order valence-corrected chi connectivity index (χ1v) is 9.45. The number of carbonyl (C=O) groups excluding carboxylic acids is 2. The van der Waals surface area contributed by atoms with E-state index in [4.69, 9.17) is 0 Å². The minimum absolute atomic E-state index is 0.286. The van der Waals surface area contributed by atoms with Crippen molar-refractivity contribution in [1.29, 1.82) is 0 Å². The molecule has 8 nitrogen and oxygen atoms in total. The summed E-state index contributed by atoms with van der Waals surface area (Å²) in [6.07, 6.45) is 0. The molecule has 1 aromatic rings. The average molecular weight is 368 g/mol. The molecule has 0 saturated carbocycles. The van der Waals surface area contributed by atoms with E-state index in [2.05, 4.69) is 22.3 Å². The molecule has 0 spiro atoms. The average Bonchev–Trinajstić information content (AvgIpc) is 2.60. The van der Waals surface area contributed by atoms with Crippen LogP contribution in [0.15, 0.2) is 24.3 Å². The number of piperazine rings is 1. The largest absolute Gasteiger partial charge is 0.368 e. The Balaban J connectivity index is 1.83. The highest BCUT2D eigenvalue weighted by molar-refractivity contribution is 8.03. The van der Waals surface area contributed by atoms with Crippen LogP contribution in [0.1, 0.15) is 5.56 Å². The summed E-state index contributed by atoms with van der Waals surface area (Å²) in [4.78, 5) is 27.6. The quantitative estimate of drug-likeness (QED) is 0.823. The van der Waals surface area contributed by atoms with E-state index in [9.17, 15) is 18.0 Å². The first-order valence-electron chi connectivity index (χ1n) is 8.01. The molecule has 0 unspecified atom stereocenters. The maximum Gasteiger partial charge on any atom is 0.352 e. The highest BCUT2D eigenvalue weighted by Crippen LogP contribution is 2.17. The zero-order valence-electron chi connectivity index (χ0n) is 14.7. The third-order valence-corrected chi connectivity index (χ3v) is 5.70. The lowest BCUT2D eigenvalue weighted by molar-refractivity contribution is -0.130. The maximum absolute atomic E-state index is 12.2. The van der Waals surface area contributed by atoms with Crippen molar-refractivity contribution in [1.82, 2.24) is 14.5 Å². The van der Waals surface area contributed by atoms with Crippen molar-refractivity contribution >= 4 is 26.9 Å². The van der Waals surface area contributed by atoms with Crippen LogP contribution in [0.4, 0.5) is 10.5 Å². The molecule has 1 heterocycles. The Labute approximate surface area is 148 Å². The molecule has 138 valence electrons. The van der Waals surface area contributed by atoms with Gasteiger partial charge in [0.1, 0.15) is 0 Å². The highest BCUT2D eigenvalue weighted by atomic mass is 32.2. The highest BCUT2D eigenvalue weighted by Gasteiger charge is 2.27. The standard InChI is InChI=1S/C16H24N4O4S/c1-13-4-6-14(7-5-13)19-8-10-20(11-9-19)15(21)12-17-16(22)25(23,24)18(2)3/h4-7H,8-12H2,1-3H3,(H,17,22). The number of hydrogen-bond acceptors (Lipinski definition) is 5. The van der Waals surface area contributed by atoms with E-state index in [0.717, 1.165) is 9.99 Å². The number of carbonyl (C=O) groups is 2. The van der Waals surface area contributed by atoms with Gasteiger partial charge in [0.05, 0.1) is 6.54 Å². The maximum atomic E-state index is 12.2. The van der Waals surface area contributed by atoms with E-state index in [1.807, 2.05) is 19.1 Å². The van der Waals surface area contributed by atoms with Gasteiger partial charge in [0.2, 0.25) is 5.91 Å². The molecule has 25 heavy (non-hydrogen) atoms. The SMILES string of the molecule is Cc1ccc(N2CCN(C(=O)CNC(=O)S(=O)(=O)N(C)C)CC2)cc1. The second kappa shape index (κ2) is 7.83. The molecule has 0 aromatic heterocycles. The van der Waals surface area contributed by atoms with Crippen molar-refractivity contribution in [3.05, 3.63) is 29.8 Å². The molecule has 1 N–H and O–H groups in total. The Kier molecular flexibility index (Phi) is 6.02. The van der Waals surface area contributed by atoms with Crippen molar-refractivity contribution < 1.29 is 18.0 Å². The summed E-state index contributed by atoms with van der Waals surface area (Å²) >= 11 is 0. The number of rotatable bonds is 4. The second-order valence-electron chi connectivity index (χ2n) is 6.13. The van der Waals surface area contributed by atoms with Crippen LogP contribution in [-0.4, -0.2) is 75.6 Å². The van der Waals surface area contributed by atoms with Crippen LogP contribution >= 0.6 is 0 Å². The van der Waals surface area contributed by atoms with Crippen LogP contribution < -0.4 is 10.2 Å². The van der Waals surface area contributed by atoms with E-state index in [0.29, 0.717) is 26.2 Å². The Hall–Kier alpha value is -2.13. The topological polar surface area (TPSA) is 90.0 Å². The molecule has 1 fully saturated rings. The van der Waals surface area contributed by atoms with Gasteiger partial charge >= 0.3 is 5.24 Å². The van der Waals surface area contributed by atoms with Crippen LogP contribution in [0.3, 0.4) is 0 Å². The molecular formula is C16H24N4O4S. The molecule has 0 aliphatic carbocycles. The van der Waals surface area contributed by atoms with E-state index < -0.39 is 15.3 Å². The predicted octanol–water partition coefficient (Wildman–Crippen LogP) is 0.245. The number of sulfonamides is 1. The Bertz CT molecular complexity index is 723. The zero-order chi connectivity index (χ0) is 18.6. The molecule has 2 amide bonds. The first kappa shape index (κ1) is 19.2. The summed E-state index contributed by atoms with van der Waals surface area (Å²) in [7, 11) is -1.52. The normalized spacial score (nSPS) is 15.4. The van der Waals surface area contributed by atoms with Crippen molar-refractivity contribution in [3.63, 3.8) is 0 Å². The molecule has 0 atom stereocenters. The fraction of sp³-hybridized carbons (Fsp3) is 0.500. The van der Waals surface area contributed by atoms with Crippen LogP contribution in [0, 0.1) is 6.92 Å². The Morgan fingerprint density at radius 2 is 1.64 bits per heavy atom. The van der Waals surface area contributed by atoms with Crippen LogP contribution in [0.2, 0.25) is 0 Å².